The van der Waals surface area contributed by atoms with Crippen molar-refractivity contribution in [2.24, 2.45) is 5.92 Å². The molecule has 2 rings (SSSR count). The summed E-state index contributed by atoms with van der Waals surface area (Å²) in [5, 5.41) is 18.0. The molecule has 0 bridgehead atoms. The van der Waals surface area contributed by atoms with Crippen molar-refractivity contribution < 1.29 is 15.0 Å². The predicted molar refractivity (Wildman–Crippen MR) is 74.5 cm³/mol. The second-order valence-corrected chi connectivity index (χ2v) is 5.04. The van der Waals surface area contributed by atoms with Crippen molar-refractivity contribution in [3.63, 3.8) is 0 Å². The minimum absolute atomic E-state index is 0.146. The van der Waals surface area contributed by atoms with E-state index in [0.29, 0.717) is 11.6 Å². The van der Waals surface area contributed by atoms with E-state index in [4.69, 9.17) is 15.9 Å². The Hall–Kier alpha value is -1.75. The first kappa shape index (κ1) is 13.7. The number of anilines is 2. The molecule has 19 heavy (non-hydrogen) atoms. The third kappa shape index (κ3) is 3.17. The minimum atomic E-state index is -0.999. The molecule has 4 N–H and O–H groups in total. The van der Waals surface area contributed by atoms with Gasteiger partial charge < -0.3 is 20.8 Å². The number of aliphatic hydroxyl groups is 1. The molecule has 0 radical (unpaired) electrons. The SMILES string of the molecule is Nc1cc(N2CCCC(CCO)C2)ccc1C(=O)O. The average molecular weight is 264 g/mol. The summed E-state index contributed by atoms with van der Waals surface area (Å²) in [5.74, 6) is -0.500. The van der Waals surface area contributed by atoms with Crippen LogP contribution in [0, 0.1) is 5.92 Å². The van der Waals surface area contributed by atoms with Crippen LogP contribution in [0.3, 0.4) is 0 Å². The highest BCUT2D eigenvalue weighted by molar-refractivity contribution is 5.94. The summed E-state index contributed by atoms with van der Waals surface area (Å²) in [6, 6.07) is 5.09. The number of nitrogens with zero attached hydrogens (tertiary/aromatic N) is 1. The van der Waals surface area contributed by atoms with Crippen LogP contribution in [0.5, 0.6) is 0 Å². The molecular weight excluding hydrogens is 244 g/mol. The Morgan fingerprint density at radius 2 is 2.26 bits per heavy atom. The molecule has 1 atom stereocenters. The van der Waals surface area contributed by atoms with E-state index in [1.807, 2.05) is 0 Å². The standard InChI is InChI=1S/C14H20N2O3/c15-13-8-11(3-4-12(13)14(18)19)16-6-1-2-10(9-16)5-7-17/h3-4,8,10,17H,1-2,5-7,9,15H2,(H,18,19). The number of nitrogens with two attached hydrogens (primary N) is 1. The van der Waals surface area contributed by atoms with Crippen LogP contribution in [0.1, 0.15) is 29.6 Å². The number of benzene rings is 1. The van der Waals surface area contributed by atoms with Gasteiger partial charge >= 0.3 is 5.97 Å². The molecule has 0 amide bonds. The van der Waals surface area contributed by atoms with Gasteiger partial charge in [-0.3, -0.25) is 0 Å². The van der Waals surface area contributed by atoms with E-state index in [2.05, 4.69) is 4.90 Å². The van der Waals surface area contributed by atoms with Crippen LogP contribution in [0.25, 0.3) is 0 Å². The molecule has 5 nitrogen and oxygen atoms in total. The number of aromatic carboxylic acids is 1. The first-order valence-corrected chi connectivity index (χ1v) is 6.60. The molecule has 1 saturated heterocycles. The minimum Gasteiger partial charge on any atom is -0.478 e. The maximum absolute atomic E-state index is 10.9. The molecule has 1 aromatic rings. The largest absolute Gasteiger partial charge is 0.478 e. The highest BCUT2D eigenvalue weighted by Crippen LogP contribution is 2.27. The Balaban J connectivity index is 2.13. The van der Waals surface area contributed by atoms with E-state index in [1.165, 1.54) is 0 Å². The summed E-state index contributed by atoms with van der Waals surface area (Å²) < 4.78 is 0. The van der Waals surface area contributed by atoms with Crippen molar-refractivity contribution in [3.05, 3.63) is 23.8 Å². The fourth-order valence-electron chi connectivity index (χ4n) is 2.66. The van der Waals surface area contributed by atoms with Crippen LogP contribution in [0.15, 0.2) is 18.2 Å². The summed E-state index contributed by atoms with van der Waals surface area (Å²) in [6.45, 7) is 2.07. The number of carbonyl (C=O) groups is 1. The van der Waals surface area contributed by atoms with Crippen molar-refractivity contribution in [1.29, 1.82) is 0 Å². The molecule has 0 aromatic heterocycles. The highest BCUT2D eigenvalue weighted by Gasteiger charge is 2.20. The first-order chi connectivity index (χ1) is 9.11. The highest BCUT2D eigenvalue weighted by atomic mass is 16.4. The molecule has 1 aromatic carbocycles. The van der Waals surface area contributed by atoms with E-state index < -0.39 is 5.97 Å². The zero-order chi connectivity index (χ0) is 13.8. The van der Waals surface area contributed by atoms with Gasteiger partial charge in [-0.05, 0) is 43.4 Å². The molecule has 104 valence electrons. The maximum atomic E-state index is 10.9. The molecule has 1 aliphatic heterocycles. The third-order valence-corrected chi connectivity index (χ3v) is 3.69. The fraction of sp³-hybridized carbons (Fsp3) is 0.500. The van der Waals surface area contributed by atoms with Crippen LogP contribution >= 0.6 is 0 Å². The lowest BCUT2D eigenvalue weighted by molar-refractivity contribution is 0.0698. The quantitative estimate of drug-likeness (QED) is 0.718. The van der Waals surface area contributed by atoms with E-state index in [1.54, 1.807) is 18.2 Å². The van der Waals surface area contributed by atoms with Crippen molar-refractivity contribution in [2.75, 3.05) is 30.3 Å². The molecule has 1 fully saturated rings. The van der Waals surface area contributed by atoms with Gasteiger partial charge in [0.1, 0.15) is 0 Å². The molecule has 1 heterocycles. The van der Waals surface area contributed by atoms with Crippen LogP contribution in [-0.4, -0.2) is 35.9 Å². The zero-order valence-electron chi connectivity index (χ0n) is 10.9. The molecular formula is C14H20N2O3. The molecule has 5 heteroatoms. The second-order valence-electron chi connectivity index (χ2n) is 5.04. The topological polar surface area (TPSA) is 86.8 Å². The number of carboxylic acids is 1. The van der Waals surface area contributed by atoms with E-state index in [9.17, 15) is 4.79 Å². The van der Waals surface area contributed by atoms with E-state index >= 15 is 0 Å². The number of hydrogen-bond acceptors (Lipinski definition) is 4. The molecule has 1 aliphatic rings. The predicted octanol–water partition coefficient (Wildman–Crippen LogP) is 1.57. The Morgan fingerprint density at radius 3 is 2.89 bits per heavy atom. The van der Waals surface area contributed by atoms with Gasteiger partial charge in [0.2, 0.25) is 0 Å². The average Bonchev–Trinajstić information content (AvgIpc) is 2.39. The number of aliphatic hydroxyl groups excluding tert-OH is 1. The zero-order valence-corrected chi connectivity index (χ0v) is 10.9. The monoisotopic (exact) mass is 264 g/mol. The van der Waals surface area contributed by atoms with Crippen molar-refractivity contribution in [1.82, 2.24) is 0 Å². The van der Waals surface area contributed by atoms with Gasteiger partial charge in [0, 0.05) is 31.1 Å². The van der Waals surface area contributed by atoms with Gasteiger partial charge in [-0.2, -0.15) is 0 Å². The van der Waals surface area contributed by atoms with Crippen LogP contribution < -0.4 is 10.6 Å². The lowest BCUT2D eigenvalue weighted by Crippen LogP contribution is -2.35. The van der Waals surface area contributed by atoms with Crippen molar-refractivity contribution >= 4 is 17.3 Å². The Bertz CT molecular complexity index is 460. The normalized spacial score (nSPS) is 19.4. The third-order valence-electron chi connectivity index (χ3n) is 3.69. The second kappa shape index (κ2) is 5.93. The smallest absolute Gasteiger partial charge is 0.337 e. The van der Waals surface area contributed by atoms with Gasteiger partial charge in [-0.15, -0.1) is 0 Å². The summed E-state index contributed by atoms with van der Waals surface area (Å²) in [6.07, 6.45) is 3.05. The number of rotatable bonds is 4. The Morgan fingerprint density at radius 1 is 1.47 bits per heavy atom. The van der Waals surface area contributed by atoms with Crippen LogP contribution in [0.4, 0.5) is 11.4 Å². The van der Waals surface area contributed by atoms with Gasteiger partial charge in [0.25, 0.3) is 0 Å². The van der Waals surface area contributed by atoms with E-state index in [0.717, 1.165) is 38.0 Å². The van der Waals surface area contributed by atoms with E-state index in [-0.39, 0.29) is 12.2 Å². The number of carboxylic acid groups (broad SMARTS) is 1. The molecule has 0 aliphatic carbocycles. The van der Waals surface area contributed by atoms with Crippen molar-refractivity contribution in [3.8, 4) is 0 Å². The first-order valence-electron chi connectivity index (χ1n) is 6.60. The Kier molecular flexibility index (Phi) is 4.27. The number of piperidine rings is 1. The molecule has 0 spiro atoms. The van der Waals surface area contributed by atoms with Gasteiger partial charge in [-0.1, -0.05) is 0 Å². The lowest BCUT2D eigenvalue weighted by atomic mass is 9.94. The molecule has 1 unspecified atom stereocenters. The number of nitrogen functional groups attached to an aromatic ring is 1. The van der Waals surface area contributed by atoms with Crippen LogP contribution in [-0.2, 0) is 0 Å². The summed E-state index contributed by atoms with van der Waals surface area (Å²) in [7, 11) is 0. The van der Waals surface area contributed by atoms with Gasteiger partial charge in [-0.25, -0.2) is 4.79 Å². The molecule has 0 saturated carbocycles. The van der Waals surface area contributed by atoms with Crippen LogP contribution in [0.2, 0.25) is 0 Å². The lowest BCUT2D eigenvalue weighted by Gasteiger charge is -2.34. The Labute approximate surface area is 112 Å². The van der Waals surface area contributed by atoms with Crippen molar-refractivity contribution in [2.45, 2.75) is 19.3 Å². The fourth-order valence-corrected chi connectivity index (χ4v) is 2.66. The summed E-state index contributed by atoms with van der Waals surface area (Å²) >= 11 is 0. The summed E-state index contributed by atoms with van der Waals surface area (Å²) in [4.78, 5) is 13.1. The van der Waals surface area contributed by atoms with Gasteiger partial charge in [0.05, 0.1) is 5.56 Å². The van der Waals surface area contributed by atoms with Gasteiger partial charge in [0.15, 0.2) is 0 Å². The maximum Gasteiger partial charge on any atom is 0.337 e. The number of hydrogen-bond donors (Lipinski definition) is 3. The summed E-state index contributed by atoms with van der Waals surface area (Å²) in [5.41, 5.74) is 7.18.